The Hall–Kier alpha value is -3.03. The average molecular weight is 724 g/mol. The number of hydrogen-bond acceptors (Lipinski definition) is 11. The Morgan fingerprint density at radius 2 is 2.00 bits per heavy atom. The number of hydrogen-bond donors (Lipinski definition) is 2. The number of carbonyl (C=O) groups is 3. The Morgan fingerprint density at radius 3 is 2.73 bits per heavy atom. The second-order valence-electron chi connectivity index (χ2n) is 16.3. The number of carbonyl (C=O) groups excluding carboxylic acids is 3. The Labute approximate surface area is 306 Å². The van der Waals surface area contributed by atoms with Gasteiger partial charge in [0.05, 0.1) is 18.2 Å². The van der Waals surface area contributed by atoms with Gasteiger partial charge in [-0.25, -0.2) is 15.0 Å². The number of anilines is 1. The zero-order valence-electron chi connectivity index (χ0n) is 31.1. The van der Waals surface area contributed by atoms with Crippen LogP contribution in [0.25, 0.3) is 11.2 Å². The van der Waals surface area contributed by atoms with Crippen molar-refractivity contribution >= 4 is 46.4 Å². The van der Waals surface area contributed by atoms with E-state index in [0.29, 0.717) is 43.8 Å². The lowest BCUT2D eigenvalue weighted by atomic mass is 9.44. The summed E-state index contributed by atoms with van der Waals surface area (Å²) in [6.45, 7) is 15.2. The largest absolute Gasteiger partial charge is 0.461 e. The number of nitrogens with zero attached hydrogens (tertiary/aromatic N) is 6. The van der Waals surface area contributed by atoms with Gasteiger partial charge in [-0.2, -0.15) is 11.8 Å². The molecule has 4 aliphatic rings. The fourth-order valence-electron chi connectivity index (χ4n) is 10.0. The molecule has 3 aliphatic carbocycles. The topological polar surface area (TPSA) is 157 Å². The third-order valence-electron chi connectivity index (χ3n) is 13.5. The van der Waals surface area contributed by atoms with Crippen LogP contribution in [0.4, 0.5) is 5.82 Å². The number of imidazole rings is 1. The van der Waals surface area contributed by atoms with Crippen molar-refractivity contribution in [3.63, 3.8) is 0 Å². The van der Waals surface area contributed by atoms with E-state index in [1.165, 1.54) is 11.8 Å². The van der Waals surface area contributed by atoms with Crippen LogP contribution >= 0.6 is 11.8 Å². The highest BCUT2D eigenvalue weighted by atomic mass is 32.2. The van der Waals surface area contributed by atoms with Crippen LogP contribution in [-0.2, 0) is 25.7 Å². The van der Waals surface area contributed by atoms with Crippen molar-refractivity contribution in [3.8, 4) is 0 Å². The van der Waals surface area contributed by atoms with Crippen LogP contribution in [0.3, 0.4) is 0 Å². The van der Waals surface area contributed by atoms with Gasteiger partial charge in [-0.1, -0.05) is 33.8 Å². The number of aromatic nitrogens is 4. The van der Waals surface area contributed by atoms with Crippen LogP contribution in [0.5, 0.6) is 0 Å². The van der Waals surface area contributed by atoms with Crippen LogP contribution in [-0.4, -0.2) is 104 Å². The Balaban J connectivity index is 1.000. The molecular weight excluding hydrogens is 667 g/mol. The molecule has 0 spiro atoms. The van der Waals surface area contributed by atoms with E-state index in [-0.39, 0.29) is 52.6 Å². The molecule has 3 N–H and O–H groups in total. The molecule has 1 amide bonds. The van der Waals surface area contributed by atoms with E-state index >= 15 is 0 Å². The maximum absolute atomic E-state index is 13.6. The van der Waals surface area contributed by atoms with Gasteiger partial charge in [-0.15, -0.1) is 6.58 Å². The number of thioether (sulfide) groups is 1. The molecule has 9 atom stereocenters. The summed E-state index contributed by atoms with van der Waals surface area (Å²) >= 11 is 1.50. The standard InChI is InChI=1S/C38H57N7O5S/c1-7-36(4)19-28(37(5)24(2)9-13-38(25(3)33(36)49)14-10-27(46)32(37)38)50-30(48)21-51-18-8-15-43(6)29(47)12-17-45-23-42-31-34(40-22-41-35(31)45)44-16-11-26(39)20-44/h7,22-26,28,32-33,49H,1,8-21,39H2,2-6H3/t24-,25+,26?,28-,32-,33+,36-,37+,38+/m1/s1. The predicted octanol–water partition coefficient (Wildman–Crippen LogP) is 4.24. The minimum atomic E-state index is -0.683. The normalized spacial score (nSPS) is 35.0. The van der Waals surface area contributed by atoms with Gasteiger partial charge in [0, 0.05) is 68.9 Å². The maximum atomic E-state index is 13.6. The molecule has 1 unspecified atom stereocenters. The zero-order valence-corrected chi connectivity index (χ0v) is 31.9. The lowest BCUT2D eigenvalue weighted by molar-refractivity contribution is -0.205. The van der Waals surface area contributed by atoms with Crippen molar-refractivity contribution < 1.29 is 24.2 Å². The molecule has 1 saturated heterocycles. The van der Waals surface area contributed by atoms with Gasteiger partial charge in [-0.3, -0.25) is 14.4 Å². The molecule has 12 nitrogen and oxygen atoms in total. The SMILES string of the molecule is C=C[C@]1(C)C[C@@H](OC(=O)CSCCCN(C)C(=O)CCn2cnc3c(N4CCC(N)C4)ncnc32)[C@]2(C)[C@H](C)CC[C@]3(CCC(=O)[C@@H]32)[C@@H](C)[C@@H]1O. The molecule has 3 saturated carbocycles. The van der Waals surface area contributed by atoms with Crippen LogP contribution in [0.15, 0.2) is 25.3 Å². The van der Waals surface area contributed by atoms with Crippen molar-refractivity contribution in [1.29, 1.82) is 0 Å². The molecule has 2 aromatic heterocycles. The van der Waals surface area contributed by atoms with Crippen LogP contribution in [0.2, 0.25) is 0 Å². The van der Waals surface area contributed by atoms with E-state index in [2.05, 4.69) is 47.2 Å². The summed E-state index contributed by atoms with van der Waals surface area (Å²) < 4.78 is 8.26. The van der Waals surface area contributed by atoms with E-state index < -0.39 is 23.0 Å². The van der Waals surface area contributed by atoms with Gasteiger partial charge in [-0.05, 0) is 61.5 Å². The smallest absolute Gasteiger partial charge is 0.316 e. The highest BCUT2D eigenvalue weighted by Crippen LogP contribution is 2.68. The van der Waals surface area contributed by atoms with E-state index in [9.17, 15) is 19.5 Å². The first-order chi connectivity index (χ1) is 24.2. The lowest BCUT2D eigenvalue weighted by Crippen LogP contribution is -2.63. The first-order valence-corrected chi connectivity index (χ1v) is 19.9. The van der Waals surface area contributed by atoms with Gasteiger partial charge >= 0.3 is 5.97 Å². The third-order valence-corrected chi connectivity index (χ3v) is 14.5. The summed E-state index contributed by atoms with van der Waals surface area (Å²) in [6.07, 6.45) is 9.45. The summed E-state index contributed by atoms with van der Waals surface area (Å²) in [5.74, 6) is 1.55. The summed E-state index contributed by atoms with van der Waals surface area (Å²) in [6, 6.07) is 0.127. The molecule has 280 valence electrons. The summed E-state index contributed by atoms with van der Waals surface area (Å²) in [4.78, 5) is 57.4. The van der Waals surface area contributed by atoms with E-state index in [4.69, 9.17) is 10.5 Å². The molecule has 0 radical (unpaired) electrons. The number of aliphatic hydroxyl groups excluding tert-OH is 1. The summed E-state index contributed by atoms with van der Waals surface area (Å²) in [5.41, 5.74) is 6.06. The van der Waals surface area contributed by atoms with Gasteiger partial charge in [0.1, 0.15) is 18.2 Å². The highest BCUT2D eigenvalue weighted by molar-refractivity contribution is 7.99. The molecule has 51 heavy (non-hydrogen) atoms. The van der Waals surface area contributed by atoms with Gasteiger partial charge in [0.25, 0.3) is 0 Å². The van der Waals surface area contributed by atoms with E-state index in [1.54, 1.807) is 24.6 Å². The maximum Gasteiger partial charge on any atom is 0.316 e. The molecule has 6 rings (SSSR count). The van der Waals surface area contributed by atoms with Gasteiger partial charge < -0.3 is 29.9 Å². The monoisotopic (exact) mass is 723 g/mol. The zero-order chi connectivity index (χ0) is 36.7. The second kappa shape index (κ2) is 14.8. The second-order valence-corrected chi connectivity index (χ2v) is 17.4. The number of Topliss-reactive ketones (excluding diaryl/α,β-unsaturated/α-hetero) is 1. The number of fused-ring (bicyclic) bond motifs is 1. The number of ether oxygens (including phenoxy) is 1. The average Bonchev–Trinajstić information content (AvgIpc) is 3.84. The molecule has 0 aromatic carbocycles. The van der Waals surface area contributed by atoms with Crippen LogP contribution in [0.1, 0.15) is 79.1 Å². The number of nitrogens with two attached hydrogens (primary N) is 1. The van der Waals surface area contributed by atoms with Crippen LogP contribution in [0, 0.1) is 34.0 Å². The first kappa shape index (κ1) is 37.7. The van der Waals surface area contributed by atoms with E-state index in [0.717, 1.165) is 56.5 Å². The molecule has 4 fully saturated rings. The van der Waals surface area contributed by atoms with Crippen LogP contribution < -0.4 is 10.6 Å². The first-order valence-electron chi connectivity index (χ1n) is 18.8. The number of aryl methyl sites for hydroxylation is 1. The van der Waals surface area contributed by atoms with Gasteiger partial charge in [0.2, 0.25) is 5.91 Å². The van der Waals surface area contributed by atoms with Gasteiger partial charge in [0.15, 0.2) is 17.0 Å². The Morgan fingerprint density at radius 1 is 1.22 bits per heavy atom. The van der Waals surface area contributed by atoms with Crippen molar-refractivity contribution in [2.24, 2.45) is 39.7 Å². The molecule has 2 aromatic rings. The molecule has 2 bridgehead atoms. The number of rotatable bonds is 12. The van der Waals surface area contributed by atoms with Crippen molar-refractivity contribution in [3.05, 3.63) is 25.3 Å². The molecule has 1 aliphatic heterocycles. The van der Waals surface area contributed by atoms with Crippen molar-refractivity contribution in [2.75, 3.05) is 43.1 Å². The third kappa shape index (κ3) is 6.83. The Kier molecular flexibility index (Phi) is 10.9. The number of amides is 1. The predicted molar refractivity (Wildman–Crippen MR) is 199 cm³/mol. The highest BCUT2D eigenvalue weighted by Gasteiger charge is 2.68. The number of esters is 1. The number of aliphatic hydroxyl groups is 1. The van der Waals surface area contributed by atoms with Crippen molar-refractivity contribution in [1.82, 2.24) is 24.4 Å². The quantitative estimate of drug-likeness (QED) is 0.183. The molecule has 13 heteroatoms. The summed E-state index contributed by atoms with van der Waals surface area (Å²) in [5, 5.41) is 11.7. The summed E-state index contributed by atoms with van der Waals surface area (Å²) in [7, 11) is 1.81. The minimum Gasteiger partial charge on any atom is -0.461 e. The van der Waals surface area contributed by atoms with Crippen molar-refractivity contribution in [2.45, 2.75) is 104 Å². The Bertz CT molecular complexity index is 1640. The fourth-order valence-corrected chi connectivity index (χ4v) is 10.7. The lowest BCUT2D eigenvalue weighted by Gasteiger charge is -2.61. The minimum absolute atomic E-state index is 0.0273. The number of ketones is 1. The molecule has 3 heterocycles. The van der Waals surface area contributed by atoms with E-state index in [1.807, 2.05) is 17.6 Å². The molecular formula is C38H57N7O5S. The fraction of sp³-hybridized carbons (Fsp3) is 0.737.